The number of halogens is 3. The van der Waals surface area contributed by atoms with Gasteiger partial charge < -0.3 is 5.21 Å². The lowest BCUT2D eigenvalue weighted by molar-refractivity contribution is -0.0573. The van der Waals surface area contributed by atoms with Gasteiger partial charge in [0.1, 0.15) is 0 Å². The van der Waals surface area contributed by atoms with Crippen LogP contribution in [0, 0.1) is 0 Å². The molecule has 0 aromatic rings. The highest BCUT2D eigenvalue weighted by Gasteiger charge is 2.36. The molecule has 0 aromatic heterocycles. The molecule has 0 unspecified atom stereocenters. The number of alkyl halides is 3. The van der Waals surface area contributed by atoms with Gasteiger partial charge in [0.2, 0.25) is 5.04 Å². The molecule has 0 fully saturated rings. The zero-order chi connectivity index (χ0) is 8.91. The first-order valence-electron chi connectivity index (χ1n) is 2.94. The normalized spacial score (nSPS) is 13.6. The highest BCUT2D eigenvalue weighted by Crippen LogP contribution is 2.24. The van der Waals surface area contributed by atoms with Crippen LogP contribution in [0.4, 0.5) is 13.2 Å². The van der Waals surface area contributed by atoms with Crippen molar-refractivity contribution in [2.75, 3.05) is 5.75 Å². The van der Waals surface area contributed by atoms with E-state index in [-0.39, 0.29) is 0 Å². The number of hydrogen-bond acceptors (Lipinski definition) is 3. The van der Waals surface area contributed by atoms with Crippen molar-refractivity contribution >= 4 is 16.8 Å². The third-order valence-electron chi connectivity index (χ3n) is 0.776. The predicted octanol–water partition coefficient (Wildman–Crippen LogP) is 2.48. The molecule has 6 heteroatoms. The maximum absolute atomic E-state index is 11.7. The van der Waals surface area contributed by atoms with Gasteiger partial charge in [0, 0.05) is 0 Å². The minimum absolute atomic E-state index is 0.304. The number of hydrogen-bond donors (Lipinski definition) is 1. The third kappa shape index (κ3) is 4.13. The van der Waals surface area contributed by atoms with Gasteiger partial charge in [-0.05, 0) is 12.2 Å². The number of rotatable bonds is 2. The largest absolute Gasteiger partial charge is 0.442 e. The summed E-state index contributed by atoms with van der Waals surface area (Å²) < 4.78 is 35.2. The molecule has 0 aromatic carbocycles. The smallest absolute Gasteiger partial charge is 0.410 e. The van der Waals surface area contributed by atoms with Crippen LogP contribution in [0.15, 0.2) is 5.16 Å². The standard InChI is InChI=1S/C5H8F3NOS/c1-2-3-11-4(9-10)5(6,7)8/h10H,2-3H2,1H3/b9-4-. The lowest BCUT2D eigenvalue weighted by Gasteiger charge is -2.05. The molecule has 11 heavy (non-hydrogen) atoms. The quantitative estimate of drug-likeness (QED) is 0.312. The Kier molecular flexibility index (Phi) is 4.32. The fourth-order valence-electron chi connectivity index (χ4n) is 0.366. The van der Waals surface area contributed by atoms with Gasteiger partial charge in [-0.2, -0.15) is 13.2 Å². The van der Waals surface area contributed by atoms with Crippen LogP contribution in [0.5, 0.6) is 0 Å². The SMILES string of the molecule is CCCS/C(=N\O)C(F)(F)F. The molecule has 0 aliphatic carbocycles. The van der Waals surface area contributed by atoms with Crippen LogP contribution >= 0.6 is 11.8 Å². The van der Waals surface area contributed by atoms with E-state index < -0.39 is 11.2 Å². The van der Waals surface area contributed by atoms with Gasteiger partial charge in [-0.1, -0.05) is 23.8 Å². The zero-order valence-corrected chi connectivity index (χ0v) is 6.67. The lowest BCUT2D eigenvalue weighted by Crippen LogP contribution is -2.19. The molecule has 0 saturated carbocycles. The molecule has 0 atom stereocenters. The molecule has 2 nitrogen and oxygen atoms in total. The van der Waals surface area contributed by atoms with E-state index in [1.807, 2.05) is 0 Å². The molecule has 66 valence electrons. The monoisotopic (exact) mass is 187 g/mol. The van der Waals surface area contributed by atoms with Crippen molar-refractivity contribution in [3.8, 4) is 0 Å². The van der Waals surface area contributed by atoms with E-state index in [4.69, 9.17) is 5.21 Å². The van der Waals surface area contributed by atoms with Crippen molar-refractivity contribution < 1.29 is 18.4 Å². The molecular formula is C5H8F3NOS. The molecule has 0 heterocycles. The number of nitrogens with zero attached hydrogens (tertiary/aromatic N) is 1. The maximum atomic E-state index is 11.7. The first-order valence-corrected chi connectivity index (χ1v) is 3.93. The minimum atomic E-state index is -4.52. The second-order valence-corrected chi connectivity index (χ2v) is 2.83. The summed E-state index contributed by atoms with van der Waals surface area (Å²) in [5, 5.41) is 8.91. The summed E-state index contributed by atoms with van der Waals surface area (Å²) >= 11 is 0.503. The predicted molar refractivity (Wildman–Crippen MR) is 38.0 cm³/mol. The van der Waals surface area contributed by atoms with Crippen molar-refractivity contribution in [3.63, 3.8) is 0 Å². The van der Waals surface area contributed by atoms with Crippen LogP contribution < -0.4 is 0 Å². The van der Waals surface area contributed by atoms with Crippen molar-refractivity contribution in [3.05, 3.63) is 0 Å². The average molecular weight is 187 g/mol. The van der Waals surface area contributed by atoms with Crippen LogP contribution in [-0.4, -0.2) is 22.2 Å². The van der Waals surface area contributed by atoms with Crippen molar-refractivity contribution in [1.29, 1.82) is 0 Å². The first kappa shape index (κ1) is 10.6. The summed E-state index contributed by atoms with van der Waals surface area (Å²) in [6, 6.07) is 0. The van der Waals surface area contributed by atoms with Crippen LogP contribution in [0.3, 0.4) is 0 Å². The fourth-order valence-corrected chi connectivity index (χ4v) is 0.985. The van der Waals surface area contributed by atoms with Gasteiger partial charge in [-0.3, -0.25) is 0 Å². The van der Waals surface area contributed by atoms with Crippen LogP contribution in [0.2, 0.25) is 0 Å². The second-order valence-electron chi connectivity index (χ2n) is 1.75. The van der Waals surface area contributed by atoms with Crippen molar-refractivity contribution in [2.24, 2.45) is 5.16 Å². The number of thioether (sulfide) groups is 1. The maximum Gasteiger partial charge on any atom is 0.442 e. The van der Waals surface area contributed by atoms with Crippen molar-refractivity contribution in [2.45, 2.75) is 19.5 Å². The molecule has 0 rings (SSSR count). The first-order chi connectivity index (χ1) is 5.02. The highest BCUT2D eigenvalue weighted by atomic mass is 32.2. The highest BCUT2D eigenvalue weighted by molar-refractivity contribution is 8.14. The number of oxime groups is 1. The summed E-state index contributed by atoms with van der Waals surface area (Å²) in [5.41, 5.74) is 0. The van der Waals surface area contributed by atoms with E-state index in [0.29, 0.717) is 23.9 Å². The Labute approximate surface area is 66.5 Å². The van der Waals surface area contributed by atoms with Gasteiger partial charge in [0.15, 0.2) is 0 Å². The van der Waals surface area contributed by atoms with Crippen LogP contribution in [0.25, 0.3) is 0 Å². The van der Waals surface area contributed by atoms with E-state index >= 15 is 0 Å². The summed E-state index contributed by atoms with van der Waals surface area (Å²) in [6.45, 7) is 1.75. The summed E-state index contributed by atoms with van der Waals surface area (Å²) in [6.07, 6.45) is -3.91. The Morgan fingerprint density at radius 2 is 2.09 bits per heavy atom. The Balaban J connectivity index is 3.99. The molecule has 0 spiro atoms. The Morgan fingerprint density at radius 3 is 2.36 bits per heavy atom. The fraction of sp³-hybridized carbons (Fsp3) is 0.800. The Hall–Kier alpha value is -0.390. The Bertz CT molecular complexity index is 145. The third-order valence-corrected chi connectivity index (χ3v) is 1.98. The van der Waals surface area contributed by atoms with E-state index in [9.17, 15) is 13.2 Å². The van der Waals surface area contributed by atoms with Gasteiger partial charge in [0.05, 0.1) is 0 Å². The molecule has 0 amide bonds. The van der Waals surface area contributed by atoms with Gasteiger partial charge in [-0.15, -0.1) is 0 Å². The molecule has 1 N–H and O–H groups in total. The van der Waals surface area contributed by atoms with Gasteiger partial charge in [0.25, 0.3) is 0 Å². The van der Waals surface area contributed by atoms with E-state index in [1.54, 1.807) is 6.92 Å². The summed E-state index contributed by atoms with van der Waals surface area (Å²) in [5.74, 6) is 0.304. The molecular weight excluding hydrogens is 179 g/mol. The molecule has 0 aliphatic rings. The van der Waals surface area contributed by atoms with E-state index in [1.165, 1.54) is 0 Å². The molecule has 0 saturated heterocycles. The van der Waals surface area contributed by atoms with Crippen molar-refractivity contribution in [1.82, 2.24) is 0 Å². The zero-order valence-electron chi connectivity index (χ0n) is 5.85. The van der Waals surface area contributed by atoms with Crippen LogP contribution in [0.1, 0.15) is 13.3 Å². The van der Waals surface area contributed by atoms with E-state index in [2.05, 4.69) is 5.16 Å². The van der Waals surface area contributed by atoms with Gasteiger partial charge >= 0.3 is 6.18 Å². The van der Waals surface area contributed by atoms with Gasteiger partial charge in [-0.25, -0.2) is 0 Å². The van der Waals surface area contributed by atoms with E-state index in [0.717, 1.165) is 0 Å². The average Bonchev–Trinajstić information content (AvgIpc) is 1.87. The molecule has 0 aliphatic heterocycles. The summed E-state index contributed by atoms with van der Waals surface area (Å²) in [4.78, 5) is 0. The minimum Gasteiger partial charge on any atom is -0.410 e. The molecule has 0 radical (unpaired) electrons. The van der Waals surface area contributed by atoms with Crippen LogP contribution in [-0.2, 0) is 0 Å². The summed E-state index contributed by atoms with van der Waals surface area (Å²) in [7, 11) is 0. The Morgan fingerprint density at radius 1 is 1.55 bits per heavy atom. The lowest BCUT2D eigenvalue weighted by atomic mass is 10.6. The molecule has 0 bridgehead atoms. The second kappa shape index (κ2) is 4.48. The topological polar surface area (TPSA) is 32.6 Å².